The number of rotatable bonds is 3. The number of ether oxygens (including phenoxy) is 1. The third kappa shape index (κ3) is 3.24. The van der Waals surface area contributed by atoms with Crippen LogP contribution in [0.25, 0.3) is 0 Å². The first-order valence-corrected chi connectivity index (χ1v) is 6.20. The molecule has 0 radical (unpaired) electrons. The summed E-state index contributed by atoms with van der Waals surface area (Å²) in [4.78, 5) is 11.0. The molecule has 1 N–H and O–H groups in total. The van der Waals surface area contributed by atoms with Crippen LogP contribution in [-0.2, 0) is 5.41 Å². The molecule has 0 aliphatic carbocycles. The van der Waals surface area contributed by atoms with Gasteiger partial charge in [0, 0.05) is 7.05 Å². The highest BCUT2D eigenvalue weighted by molar-refractivity contribution is 5.70. The molecule has 0 aliphatic heterocycles. The number of amides is 1. The van der Waals surface area contributed by atoms with E-state index in [0.717, 1.165) is 19.2 Å². The average molecular weight is 365 g/mol. The van der Waals surface area contributed by atoms with Crippen molar-refractivity contribution in [2.75, 3.05) is 7.05 Å². The lowest BCUT2D eigenvalue weighted by Crippen LogP contribution is -2.60. The quantitative estimate of drug-likeness (QED) is 0.806. The third-order valence-electron chi connectivity index (χ3n) is 3.38. The van der Waals surface area contributed by atoms with Crippen molar-refractivity contribution in [3.63, 3.8) is 0 Å². The summed E-state index contributed by atoms with van der Waals surface area (Å²) in [5, 5.41) is 1.94. The Balaban J connectivity index is 3.54. The van der Waals surface area contributed by atoms with Gasteiger partial charge in [-0.1, -0.05) is 12.1 Å². The van der Waals surface area contributed by atoms with Crippen LogP contribution in [-0.4, -0.2) is 31.4 Å². The first-order valence-electron chi connectivity index (χ1n) is 6.20. The van der Waals surface area contributed by atoms with E-state index in [-0.39, 0.29) is 6.92 Å². The van der Waals surface area contributed by atoms with Crippen LogP contribution < -0.4 is 10.1 Å². The van der Waals surface area contributed by atoms with Crippen molar-refractivity contribution in [2.24, 2.45) is 0 Å². The minimum absolute atomic E-state index is 0.264. The summed E-state index contributed by atoms with van der Waals surface area (Å²) < 4.78 is 109. The molecule has 1 unspecified atom stereocenters. The fourth-order valence-electron chi connectivity index (χ4n) is 1.84. The maximum Gasteiger partial charge on any atom is 0.454 e. The van der Waals surface area contributed by atoms with Crippen molar-refractivity contribution in [3.8, 4) is 5.75 Å². The van der Waals surface area contributed by atoms with Crippen LogP contribution in [0.1, 0.15) is 12.5 Å². The first-order chi connectivity index (χ1) is 10.7. The number of hydrogen-bond acceptors (Lipinski definition) is 2. The van der Waals surface area contributed by atoms with Crippen LogP contribution in [0.3, 0.4) is 0 Å². The van der Waals surface area contributed by atoms with Gasteiger partial charge in [0.15, 0.2) is 5.41 Å². The molecule has 1 aromatic carbocycles. The molecule has 0 heterocycles. The lowest BCUT2D eigenvalue weighted by atomic mass is 9.75. The van der Waals surface area contributed by atoms with E-state index in [4.69, 9.17) is 0 Å². The van der Waals surface area contributed by atoms with Crippen molar-refractivity contribution in [2.45, 2.75) is 30.6 Å². The maximum atomic E-state index is 13.7. The molecule has 1 rings (SSSR count). The fourth-order valence-corrected chi connectivity index (χ4v) is 1.84. The summed E-state index contributed by atoms with van der Waals surface area (Å²) in [5.41, 5.74) is -5.99. The predicted molar refractivity (Wildman–Crippen MR) is 65.9 cm³/mol. The molecule has 0 aliphatic rings. The largest absolute Gasteiger partial charge is 0.454 e. The van der Waals surface area contributed by atoms with Crippen LogP contribution in [0.4, 0.5) is 39.9 Å². The van der Waals surface area contributed by atoms with Crippen molar-refractivity contribution < 1.29 is 44.7 Å². The lowest BCUT2D eigenvalue weighted by Gasteiger charge is -2.39. The highest BCUT2D eigenvalue weighted by Gasteiger charge is 2.77. The molecule has 0 bridgehead atoms. The predicted octanol–water partition coefficient (Wildman–Crippen LogP) is 4.42. The number of carbonyl (C=O) groups excluding carboxylic acids is 1. The Hall–Kier alpha value is -2.07. The normalized spacial score (nSPS) is 15.6. The van der Waals surface area contributed by atoms with Crippen LogP contribution in [0, 0.1) is 0 Å². The molecule has 136 valence electrons. The van der Waals surface area contributed by atoms with Gasteiger partial charge in [0.05, 0.1) is 0 Å². The Morgan fingerprint density at radius 3 is 1.96 bits per heavy atom. The summed E-state index contributed by atoms with van der Waals surface area (Å²) >= 11 is 0. The van der Waals surface area contributed by atoms with Gasteiger partial charge in [-0.15, -0.1) is 0 Å². The second-order valence-corrected chi connectivity index (χ2v) is 4.86. The minimum atomic E-state index is -6.45. The van der Waals surface area contributed by atoms with Crippen LogP contribution in [0.2, 0.25) is 0 Å². The van der Waals surface area contributed by atoms with E-state index in [1.807, 2.05) is 5.32 Å². The molecule has 0 aromatic heterocycles. The molecule has 1 aromatic rings. The summed E-state index contributed by atoms with van der Waals surface area (Å²) in [6.45, 7) is -0.264. The zero-order valence-electron chi connectivity index (χ0n) is 12.1. The zero-order valence-corrected chi connectivity index (χ0v) is 12.1. The number of carbonyl (C=O) groups is 1. The highest BCUT2D eigenvalue weighted by Crippen LogP contribution is 2.57. The number of benzene rings is 1. The van der Waals surface area contributed by atoms with Crippen LogP contribution in [0.5, 0.6) is 5.75 Å². The Kier molecular flexibility index (Phi) is 5.07. The average Bonchev–Trinajstić information content (AvgIpc) is 2.43. The molecular formula is C13H11F8NO2. The van der Waals surface area contributed by atoms with Crippen LogP contribution in [0.15, 0.2) is 24.3 Å². The van der Waals surface area contributed by atoms with E-state index >= 15 is 0 Å². The lowest BCUT2D eigenvalue weighted by molar-refractivity contribution is -0.354. The van der Waals surface area contributed by atoms with E-state index < -0.39 is 41.1 Å². The maximum absolute atomic E-state index is 13.7. The zero-order chi connectivity index (χ0) is 19.0. The smallest absolute Gasteiger partial charge is 0.410 e. The van der Waals surface area contributed by atoms with Gasteiger partial charge in [-0.3, -0.25) is 0 Å². The molecule has 1 atom stereocenters. The van der Waals surface area contributed by atoms with E-state index in [1.54, 1.807) is 0 Å². The molecule has 1 amide bonds. The Morgan fingerprint density at radius 2 is 1.54 bits per heavy atom. The second-order valence-electron chi connectivity index (χ2n) is 4.86. The van der Waals surface area contributed by atoms with Gasteiger partial charge in [0.2, 0.25) is 0 Å². The molecule has 0 fully saturated rings. The number of alkyl halides is 8. The molecule has 0 saturated carbocycles. The summed E-state index contributed by atoms with van der Waals surface area (Å²) in [5.74, 6) is -6.75. The third-order valence-corrected chi connectivity index (χ3v) is 3.38. The van der Waals surface area contributed by atoms with E-state index in [9.17, 15) is 39.9 Å². The van der Waals surface area contributed by atoms with Crippen molar-refractivity contribution in [3.05, 3.63) is 29.8 Å². The summed E-state index contributed by atoms with van der Waals surface area (Å²) in [7, 11) is 1.11. The second kappa shape index (κ2) is 6.10. The standard InChI is InChI=1S/C13H11F8NO2/c1-10(12(16,17)18,11(14,15)13(19,20)21)7-4-3-5-8(6-7)24-9(23)22-2/h3-6H,1-2H3,(H,22,23). The minimum Gasteiger partial charge on any atom is -0.410 e. The number of hydrogen-bond donors (Lipinski definition) is 1. The van der Waals surface area contributed by atoms with E-state index in [0.29, 0.717) is 12.1 Å². The molecule has 0 spiro atoms. The van der Waals surface area contributed by atoms with E-state index in [2.05, 4.69) is 4.74 Å². The van der Waals surface area contributed by atoms with Crippen molar-refractivity contribution in [1.82, 2.24) is 5.32 Å². The van der Waals surface area contributed by atoms with Gasteiger partial charge < -0.3 is 10.1 Å². The van der Waals surface area contributed by atoms with Gasteiger partial charge in [-0.2, -0.15) is 35.1 Å². The Bertz CT molecular complexity index is 611. The number of halogens is 8. The van der Waals surface area contributed by atoms with Gasteiger partial charge in [0.1, 0.15) is 5.75 Å². The SMILES string of the molecule is CNC(=O)Oc1cccc(C(C)(C(F)(F)F)C(F)(F)C(F)(F)F)c1. The van der Waals surface area contributed by atoms with Crippen molar-refractivity contribution in [1.29, 1.82) is 0 Å². The molecule has 24 heavy (non-hydrogen) atoms. The first kappa shape index (κ1) is 20.0. The molecule has 3 nitrogen and oxygen atoms in total. The van der Waals surface area contributed by atoms with Crippen LogP contribution >= 0.6 is 0 Å². The van der Waals surface area contributed by atoms with Gasteiger partial charge in [0.25, 0.3) is 0 Å². The summed E-state index contributed by atoms with van der Waals surface area (Å²) in [6, 6.07) is 2.46. The Labute approximate surface area is 130 Å². The van der Waals surface area contributed by atoms with Gasteiger partial charge in [-0.05, 0) is 24.6 Å². The summed E-state index contributed by atoms with van der Waals surface area (Å²) in [6.07, 6.45) is -13.5. The fraction of sp³-hybridized carbons (Fsp3) is 0.462. The van der Waals surface area contributed by atoms with Gasteiger partial charge in [-0.25, -0.2) is 4.79 Å². The Morgan fingerprint density at radius 1 is 1.00 bits per heavy atom. The monoisotopic (exact) mass is 365 g/mol. The molecule has 11 heteroatoms. The van der Waals surface area contributed by atoms with Gasteiger partial charge >= 0.3 is 24.4 Å². The molecule has 0 saturated heterocycles. The highest BCUT2D eigenvalue weighted by atomic mass is 19.4. The van der Waals surface area contributed by atoms with Crippen molar-refractivity contribution >= 4 is 6.09 Å². The van der Waals surface area contributed by atoms with E-state index in [1.165, 1.54) is 0 Å². The number of nitrogens with one attached hydrogen (secondary N) is 1. The molecular weight excluding hydrogens is 354 g/mol. The topological polar surface area (TPSA) is 38.3 Å².